The van der Waals surface area contributed by atoms with Crippen molar-refractivity contribution in [3.8, 4) is 17.0 Å². The Hall–Kier alpha value is -3.15. The number of rotatable bonds is 4. The summed E-state index contributed by atoms with van der Waals surface area (Å²) in [5.74, 6) is -0.776. The maximum absolute atomic E-state index is 12.0. The number of nitrogens with zero attached hydrogens (tertiary/aromatic N) is 1. The molecule has 6 nitrogen and oxygen atoms in total. The number of amides is 1. The summed E-state index contributed by atoms with van der Waals surface area (Å²) in [6.07, 6.45) is 1.66. The largest absolute Gasteiger partial charge is 0.493 e. The number of hydrogen-bond acceptors (Lipinski definition) is 5. The molecule has 6 heteroatoms. The van der Waals surface area contributed by atoms with E-state index in [0.717, 1.165) is 5.56 Å². The first-order valence-electron chi connectivity index (χ1n) is 7.32. The summed E-state index contributed by atoms with van der Waals surface area (Å²) < 4.78 is 10.9. The minimum Gasteiger partial charge on any atom is -0.493 e. The van der Waals surface area contributed by atoms with Gasteiger partial charge in [-0.25, -0.2) is 0 Å². The van der Waals surface area contributed by atoms with Crippen LogP contribution in [0.4, 0.5) is 0 Å². The fraction of sp³-hybridized carbons (Fsp3) is 0.167. The molecule has 0 saturated carbocycles. The van der Waals surface area contributed by atoms with Crippen LogP contribution in [0.25, 0.3) is 22.2 Å². The highest BCUT2D eigenvalue weighted by Crippen LogP contribution is 2.40. The Morgan fingerprint density at radius 3 is 2.58 bits per heavy atom. The van der Waals surface area contributed by atoms with Gasteiger partial charge in [0.05, 0.1) is 18.4 Å². The van der Waals surface area contributed by atoms with Crippen molar-refractivity contribution in [3.05, 3.63) is 47.3 Å². The monoisotopic (exact) mass is 324 g/mol. The molecule has 2 aromatic heterocycles. The number of ether oxygens (including phenoxy) is 1. The van der Waals surface area contributed by atoms with E-state index < -0.39 is 5.91 Å². The first-order valence-corrected chi connectivity index (χ1v) is 7.32. The van der Waals surface area contributed by atoms with Gasteiger partial charge in [0.25, 0.3) is 5.91 Å². The number of carbonyl (C=O) groups is 2. The van der Waals surface area contributed by atoms with Crippen molar-refractivity contribution in [2.75, 3.05) is 7.11 Å². The summed E-state index contributed by atoms with van der Waals surface area (Å²) in [5, 5.41) is 0.439. The lowest BCUT2D eigenvalue weighted by molar-refractivity contribution is 0.0958. The van der Waals surface area contributed by atoms with Gasteiger partial charge in [0, 0.05) is 24.1 Å². The Morgan fingerprint density at radius 1 is 1.25 bits per heavy atom. The van der Waals surface area contributed by atoms with Crippen molar-refractivity contribution in [2.24, 2.45) is 5.73 Å². The predicted octanol–water partition coefficient (Wildman–Crippen LogP) is 3.11. The van der Waals surface area contributed by atoms with Crippen LogP contribution < -0.4 is 10.5 Å². The van der Waals surface area contributed by atoms with Crippen LogP contribution in [0.1, 0.15) is 33.4 Å². The van der Waals surface area contributed by atoms with Crippen LogP contribution in [-0.2, 0) is 0 Å². The molecule has 0 saturated heterocycles. The number of methoxy groups -OCH3 is 1. The first-order chi connectivity index (χ1) is 11.5. The highest BCUT2D eigenvalue weighted by Gasteiger charge is 2.27. The van der Waals surface area contributed by atoms with Gasteiger partial charge in [-0.1, -0.05) is 6.07 Å². The molecule has 2 heterocycles. The molecular weight excluding hydrogens is 308 g/mol. The number of aromatic nitrogens is 1. The average molecular weight is 324 g/mol. The Morgan fingerprint density at radius 2 is 2.00 bits per heavy atom. The van der Waals surface area contributed by atoms with Gasteiger partial charge >= 0.3 is 0 Å². The Kier molecular flexibility index (Phi) is 3.81. The number of Topliss-reactive ketones (excluding diaryl/α,β-unsaturated/α-hetero) is 1. The fourth-order valence-electron chi connectivity index (χ4n) is 2.79. The second-order valence-electron chi connectivity index (χ2n) is 5.42. The summed E-state index contributed by atoms with van der Waals surface area (Å²) >= 11 is 0. The van der Waals surface area contributed by atoms with E-state index in [1.54, 1.807) is 18.3 Å². The third-order valence-electron chi connectivity index (χ3n) is 3.85. The van der Waals surface area contributed by atoms with Crippen LogP contribution in [0.15, 0.2) is 34.9 Å². The van der Waals surface area contributed by atoms with Crippen LogP contribution in [0.2, 0.25) is 0 Å². The molecule has 3 aromatic rings. The van der Waals surface area contributed by atoms with E-state index in [4.69, 9.17) is 14.9 Å². The molecule has 3 rings (SSSR count). The Labute approximate surface area is 138 Å². The van der Waals surface area contributed by atoms with Gasteiger partial charge in [0.15, 0.2) is 22.9 Å². The lowest BCUT2D eigenvalue weighted by atomic mass is 9.98. The smallest absolute Gasteiger partial charge is 0.253 e. The molecule has 2 N–H and O–H groups in total. The normalized spacial score (nSPS) is 10.8. The van der Waals surface area contributed by atoms with Crippen molar-refractivity contribution >= 4 is 22.7 Å². The van der Waals surface area contributed by atoms with Crippen LogP contribution in [0.3, 0.4) is 0 Å². The van der Waals surface area contributed by atoms with Gasteiger partial charge in [-0.15, -0.1) is 0 Å². The quantitative estimate of drug-likeness (QED) is 0.744. The van der Waals surface area contributed by atoms with Crippen molar-refractivity contribution in [3.63, 3.8) is 0 Å². The third kappa shape index (κ3) is 2.32. The van der Waals surface area contributed by atoms with Gasteiger partial charge in [-0.05, 0) is 30.7 Å². The molecule has 0 aliphatic heterocycles. The van der Waals surface area contributed by atoms with E-state index in [9.17, 15) is 9.59 Å². The summed E-state index contributed by atoms with van der Waals surface area (Å²) in [6, 6.07) is 7.23. The number of benzene rings is 1. The molecule has 0 spiro atoms. The van der Waals surface area contributed by atoms with E-state index in [2.05, 4.69) is 4.98 Å². The number of fused-ring (bicyclic) bond motifs is 1. The molecule has 24 heavy (non-hydrogen) atoms. The molecule has 0 bridgehead atoms. The second-order valence-corrected chi connectivity index (χ2v) is 5.42. The third-order valence-corrected chi connectivity index (χ3v) is 3.85. The molecule has 0 aliphatic rings. The van der Waals surface area contributed by atoms with Crippen molar-refractivity contribution < 1.29 is 18.7 Å². The van der Waals surface area contributed by atoms with Gasteiger partial charge in [0.1, 0.15) is 0 Å². The highest BCUT2D eigenvalue weighted by molar-refractivity contribution is 6.18. The van der Waals surface area contributed by atoms with E-state index in [0.29, 0.717) is 28.0 Å². The maximum atomic E-state index is 12.0. The van der Waals surface area contributed by atoms with Crippen molar-refractivity contribution in [2.45, 2.75) is 13.8 Å². The fourth-order valence-corrected chi connectivity index (χ4v) is 2.79. The zero-order valence-corrected chi connectivity index (χ0v) is 13.5. The molecule has 0 fully saturated rings. The van der Waals surface area contributed by atoms with Crippen molar-refractivity contribution in [1.82, 2.24) is 4.98 Å². The number of carbonyl (C=O) groups excluding carboxylic acids is 2. The zero-order chi connectivity index (χ0) is 17.4. The van der Waals surface area contributed by atoms with Gasteiger partial charge in [-0.2, -0.15) is 0 Å². The molecule has 1 aromatic carbocycles. The highest BCUT2D eigenvalue weighted by atomic mass is 16.5. The number of hydrogen-bond donors (Lipinski definition) is 1. The summed E-state index contributed by atoms with van der Waals surface area (Å²) in [4.78, 5) is 28.3. The summed E-state index contributed by atoms with van der Waals surface area (Å²) in [7, 11) is 1.49. The number of pyridine rings is 1. The number of primary amides is 1. The van der Waals surface area contributed by atoms with Gasteiger partial charge in [0.2, 0.25) is 0 Å². The topological polar surface area (TPSA) is 95.4 Å². The van der Waals surface area contributed by atoms with Crippen molar-refractivity contribution in [1.29, 1.82) is 0 Å². The van der Waals surface area contributed by atoms with Crippen LogP contribution in [-0.4, -0.2) is 23.8 Å². The molecular formula is C18H16N2O4. The van der Waals surface area contributed by atoms with E-state index >= 15 is 0 Å². The molecule has 122 valence electrons. The van der Waals surface area contributed by atoms with Gasteiger partial charge < -0.3 is 14.9 Å². The number of nitrogens with two attached hydrogens (primary N) is 1. The number of aryl methyl sites for hydroxylation is 1. The van der Waals surface area contributed by atoms with Crippen LogP contribution in [0, 0.1) is 6.92 Å². The lowest BCUT2D eigenvalue weighted by Gasteiger charge is -2.09. The van der Waals surface area contributed by atoms with Crippen LogP contribution >= 0.6 is 0 Å². The predicted molar refractivity (Wildman–Crippen MR) is 89.3 cm³/mol. The van der Waals surface area contributed by atoms with E-state index in [1.165, 1.54) is 14.0 Å². The average Bonchev–Trinajstić information content (AvgIpc) is 2.96. The SMILES string of the molecule is COc1ccc(-c2ncccc2C)c2c(C(N)=O)c(C(C)=O)oc12. The lowest BCUT2D eigenvalue weighted by Crippen LogP contribution is -2.14. The second kappa shape index (κ2) is 5.81. The summed E-state index contributed by atoms with van der Waals surface area (Å²) in [5.41, 5.74) is 8.15. The standard InChI is InChI=1S/C18H16N2O4/c1-9-5-4-8-20-15(9)11-6-7-12(23-3)17-13(11)14(18(19)22)16(24-17)10(2)21/h4-8H,1-3H3,(H2,19,22). The maximum Gasteiger partial charge on any atom is 0.253 e. The molecule has 1 amide bonds. The molecule has 0 unspecified atom stereocenters. The molecule has 0 atom stereocenters. The van der Waals surface area contributed by atoms with E-state index in [1.807, 2.05) is 19.1 Å². The van der Waals surface area contributed by atoms with E-state index in [-0.39, 0.29) is 17.1 Å². The van der Waals surface area contributed by atoms with Gasteiger partial charge in [-0.3, -0.25) is 14.6 Å². The molecule has 0 radical (unpaired) electrons. The minimum atomic E-state index is -0.734. The molecule has 0 aliphatic carbocycles. The minimum absolute atomic E-state index is 0.0523. The number of ketones is 1. The Balaban J connectivity index is 2.50. The summed E-state index contributed by atoms with van der Waals surface area (Å²) in [6.45, 7) is 3.23. The van der Waals surface area contributed by atoms with Crippen LogP contribution in [0.5, 0.6) is 5.75 Å². The number of furan rings is 1. The zero-order valence-electron chi connectivity index (χ0n) is 13.5. The Bertz CT molecular complexity index is 973. The first kappa shape index (κ1) is 15.7.